The molecule has 0 radical (unpaired) electrons. The van der Waals surface area contributed by atoms with Crippen molar-refractivity contribution in [2.24, 2.45) is 0 Å². The quantitative estimate of drug-likeness (QED) is 0.120. The maximum atomic E-state index is 2.57. The average molecular weight is 434 g/mol. The van der Waals surface area contributed by atoms with Crippen molar-refractivity contribution < 1.29 is 4.57 Å². The summed E-state index contributed by atoms with van der Waals surface area (Å²) in [6.45, 7) is 9.30. The minimum absolute atomic E-state index is 1.18. The smallest absolute Gasteiger partial charge is 0.234 e. The van der Waals surface area contributed by atoms with Crippen LogP contribution in [0.3, 0.4) is 0 Å². The van der Waals surface area contributed by atoms with Crippen LogP contribution in [0.4, 0.5) is 0 Å². The third-order valence-electron chi connectivity index (χ3n) is 6.81. The van der Waals surface area contributed by atoms with Gasteiger partial charge < -0.3 is 0 Å². The highest BCUT2D eigenvalue weighted by Crippen LogP contribution is 2.14. The Morgan fingerprint density at radius 2 is 1.00 bits per heavy atom. The molecule has 0 aliphatic rings. The molecule has 0 N–H and O–H groups in total. The zero-order valence-electron chi connectivity index (χ0n) is 21.8. The lowest BCUT2D eigenvalue weighted by Gasteiger charge is -2.06. The summed E-state index contributed by atoms with van der Waals surface area (Å²) in [4.78, 5) is 0. The van der Waals surface area contributed by atoms with E-state index in [-0.39, 0.29) is 0 Å². The predicted octanol–water partition coefficient (Wildman–Crippen LogP) is 9.18. The van der Waals surface area contributed by atoms with E-state index in [1.807, 2.05) is 0 Å². The Morgan fingerprint density at radius 1 is 0.548 bits per heavy atom. The van der Waals surface area contributed by atoms with Crippen molar-refractivity contribution in [1.82, 2.24) is 4.57 Å². The molecule has 0 bridgehead atoms. The van der Waals surface area contributed by atoms with Crippen molar-refractivity contribution in [1.29, 1.82) is 0 Å². The predicted molar refractivity (Wildman–Crippen MR) is 138 cm³/mol. The third kappa shape index (κ3) is 14.8. The molecular formula is C29H57N2+. The molecular weight excluding hydrogens is 376 g/mol. The minimum atomic E-state index is 1.18. The summed E-state index contributed by atoms with van der Waals surface area (Å²) in [6, 6.07) is 0. The standard InChI is InChI=1S/C29H57N2/c1-4-7-9-11-13-14-15-16-17-18-19-20-22-24-29-30(25-6-3)27-28-31(29)26-23-21-12-10-8-5-2/h27-28H,4-26H2,1-3H3/q+1. The number of unbranched alkanes of at least 4 members (excludes halogenated alkanes) is 17. The van der Waals surface area contributed by atoms with Crippen LogP contribution < -0.4 is 4.57 Å². The molecule has 1 rings (SSSR count). The van der Waals surface area contributed by atoms with Gasteiger partial charge in [-0.25, -0.2) is 9.13 Å². The van der Waals surface area contributed by atoms with Crippen LogP contribution in [0.5, 0.6) is 0 Å². The van der Waals surface area contributed by atoms with Gasteiger partial charge in [-0.05, 0) is 25.7 Å². The molecule has 0 saturated carbocycles. The molecule has 2 heteroatoms. The Kier molecular flexibility index (Phi) is 19.2. The van der Waals surface area contributed by atoms with Gasteiger partial charge in [0.1, 0.15) is 12.4 Å². The average Bonchev–Trinajstić information content (AvgIpc) is 3.15. The molecule has 1 aromatic rings. The topological polar surface area (TPSA) is 8.81 Å². The van der Waals surface area contributed by atoms with Crippen molar-refractivity contribution in [3.05, 3.63) is 18.2 Å². The number of imidazole rings is 1. The van der Waals surface area contributed by atoms with Crippen molar-refractivity contribution >= 4 is 0 Å². The van der Waals surface area contributed by atoms with Crippen molar-refractivity contribution in [3.8, 4) is 0 Å². The summed E-state index contributed by atoms with van der Waals surface area (Å²) in [5.74, 6) is 1.58. The highest BCUT2D eigenvalue weighted by atomic mass is 15.1. The number of hydrogen-bond donors (Lipinski definition) is 0. The first-order valence-electron chi connectivity index (χ1n) is 14.4. The van der Waals surface area contributed by atoms with E-state index in [2.05, 4.69) is 42.3 Å². The van der Waals surface area contributed by atoms with Crippen LogP contribution >= 0.6 is 0 Å². The zero-order valence-corrected chi connectivity index (χ0v) is 21.8. The second-order valence-electron chi connectivity index (χ2n) is 9.86. The molecule has 0 atom stereocenters. The fourth-order valence-electron chi connectivity index (χ4n) is 4.80. The van der Waals surface area contributed by atoms with Gasteiger partial charge in [-0.1, -0.05) is 124 Å². The highest BCUT2D eigenvalue weighted by Gasteiger charge is 2.15. The fraction of sp³-hybridized carbons (Fsp3) is 0.897. The maximum absolute atomic E-state index is 2.57. The Labute approximate surface area is 196 Å². The Balaban J connectivity index is 2.13. The molecule has 1 heterocycles. The Morgan fingerprint density at radius 3 is 1.48 bits per heavy atom. The second kappa shape index (κ2) is 21.1. The van der Waals surface area contributed by atoms with Gasteiger partial charge in [-0.2, -0.15) is 0 Å². The van der Waals surface area contributed by atoms with Crippen molar-refractivity contribution in [2.75, 3.05) is 0 Å². The molecule has 31 heavy (non-hydrogen) atoms. The van der Waals surface area contributed by atoms with Crippen LogP contribution in [-0.2, 0) is 19.5 Å². The molecule has 0 aliphatic heterocycles. The van der Waals surface area contributed by atoms with Crippen LogP contribution in [-0.4, -0.2) is 4.57 Å². The molecule has 0 saturated heterocycles. The minimum Gasteiger partial charge on any atom is -0.234 e. The summed E-state index contributed by atoms with van der Waals surface area (Å²) in [7, 11) is 0. The van der Waals surface area contributed by atoms with Gasteiger partial charge in [0.2, 0.25) is 0 Å². The van der Waals surface area contributed by atoms with E-state index in [0.717, 1.165) is 0 Å². The SMILES string of the molecule is CCCCCCCCCCCCCCCc1n(CCCCCCCC)cc[n+]1CCC. The van der Waals surface area contributed by atoms with E-state index >= 15 is 0 Å². The summed E-state index contributed by atoms with van der Waals surface area (Å²) in [5.41, 5.74) is 0. The highest BCUT2D eigenvalue weighted by molar-refractivity contribution is 4.84. The molecule has 0 unspecified atom stereocenters. The molecule has 182 valence electrons. The first kappa shape index (κ1) is 28.2. The van der Waals surface area contributed by atoms with E-state index in [1.165, 1.54) is 148 Å². The largest absolute Gasteiger partial charge is 0.256 e. The molecule has 2 nitrogen and oxygen atoms in total. The van der Waals surface area contributed by atoms with Gasteiger partial charge in [0.25, 0.3) is 5.82 Å². The maximum Gasteiger partial charge on any atom is 0.256 e. The van der Waals surface area contributed by atoms with Gasteiger partial charge in [0.15, 0.2) is 0 Å². The number of nitrogens with zero attached hydrogens (tertiary/aromatic N) is 2. The number of hydrogen-bond acceptors (Lipinski definition) is 0. The van der Waals surface area contributed by atoms with Crippen LogP contribution in [0.15, 0.2) is 12.4 Å². The lowest BCUT2D eigenvalue weighted by atomic mass is 10.0. The first-order chi connectivity index (χ1) is 15.3. The Hall–Kier alpha value is -0.790. The van der Waals surface area contributed by atoms with Crippen LogP contribution in [0.2, 0.25) is 0 Å². The summed E-state index contributed by atoms with van der Waals surface area (Å²) in [6.07, 6.45) is 34.2. The van der Waals surface area contributed by atoms with Crippen LogP contribution in [0, 0.1) is 0 Å². The van der Waals surface area contributed by atoms with E-state index in [4.69, 9.17) is 0 Å². The van der Waals surface area contributed by atoms with Crippen LogP contribution in [0.25, 0.3) is 0 Å². The molecule has 0 aliphatic carbocycles. The van der Waals surface area contributed by atoms with Gasteiger partial charge in [-0.15, -0.1) is 0 Å². The van der Waals surface area contributed by atoms with E-state index in [9.17, 15) is 0 Å². The molecule has 0 spiro atoms. The summed E-state index contributed by atoms with van der Waals surface area (Å²) in [5, 5.41) is 0. The van der Waals surface area contributed by atoms with E-state index < -0.39 is 0 Å². The second-order valence-corrected chi connectivity index (χ2v) is 9.86. The lowest BCUT2D eigenvalue weighted by Crippen LogP contribution is -2.37. The van der Waals surface area contributed by atoms with Gasteiger partial charge in [0, 0.05) is 6.42 Å². The van der Waals surface area contributed by atoms with Gasteiger partial charge in [-0.3, -0.25) is 0 Å². The third-order valence-corrected chi connectivity index (χ3v) is 6.81. The molecule has 0 amide bonds. The fourth-order valence-corrected chi connectivity index (χ4v) is 4.80. The Bertz CT molecular complexity index is 491. The summed E-state index contributed by atoms with van der Waals surface area (Å²) >= 11 is 0. The molecule has 1 aromatic heterocycles. The van der Waals surface area contributed by atoms with Crippen LogP contribution in [0.1, 0.15) is 155 Å². The number of aryl methyl sites for hydroxylation is 2. The van der Waals surface area contributed by atoms with E-state index in [0.29, 0.717) is 0 Å². The molecule has 0 fully saturated rings. The van der Waals surface area contributed by atoms with Gasteiger partial charge >= 0.3 is 0 Å². The number of rotatable bonds is 23. The zero-order chi connectivity index (χ0) is 22.4. The van der Waals surface area contributed by atoms with Crippen molar-refractivity contribution in [3.63, 3.8) is 0 Å². The normalized spacial score (nSPS) is 11.5. The van der Waals surface area contributed by atoms with Crippen molar-refractivity contribution in [2.45, 2.75) is 169 Å². The van der Waals surface area contributed by atoms with E-state index in [1.54, 1.807) is 5.82 Å². The summed E-state index contributed by atoms with van der Waals surface area (Å²) < 4.78 is 5.09. The molecule has 0 aromatic carbocycles. The monoisotopic (exact) mass is 433 g/mol. The first-order valence-corrected chi connectivity index (χ1v) is 14.4. The number of aromatic nitrogens is 2. The lowest BCUT2D eigenvalue weighted by molar-refractivity contribution is -0.703. The van der Waals surface area contributed by atoms with Gasteiger partial charge in [0.05, 0.1) is 13.1 Å².